The van der Waals surface area contributed by atoms with Crippen molar-refractivity contribution >= 4 is 0 Å². The molecule has 3 heteroatoms. The highest BCUT2D eigenvalue weighted by molar-refractivity contribution is 4.86. The van der Waals surface area contributed by atoms with Crippen molar-refractivity contribution in [3.8, 4) is 0 Å². The molecule has 0 aromatic heterocycles. The molecule has 0 spiro atoms. The second kappa shape index (κ2) is 1.48. The van der Waals surface area contributed by atoms with Gasteiger partial charge in [0, 0.05) is 17.8 Å². The van der Waals surface area contributed by atoms with E-state index in [9.17, 15) is 10.1 Å². The van der Waals surface area contributed by atoms with Crippen LogP contribution in [0.2, 0.25) is 0 Å². The van der Waals surface area contributed by atoms with Crippen molar-refractivity contribution < 1.29 is 4.92 Å². The predicted molar refractivity (Wildman–Crippen MR) is 24.1 cm³/mol. The number of hydrogen-bond acceptors (Lipinski definition) is 2. The second-order valence-electron chi connectivity index (χ2n) is 1.68. The van der Waals surface area contributed by atoms with Gasteiger partial charge in [0.05, 0.1) is 0 Å². The van der Waals surface area contributed by atoms with E-state index in [4.69, 9.17) is 0 Å². The fraction of sp³-hybridized carbons (Fsp3) is 0.750. The van der Waals surface area contributed by atoms with Crippen LogP contribution < -0.4 is 0 Å². The average molecular weight is 100 g/mol. The third kappa shape index (κ3) is 0.706. The predicted octanol–water partition coefficient (Wildman–Crippen LogP) is 0.979. The van der Waals surface area contributed by atoms with Gasteiger partial charge in [0.1, 0.15) is 0 Å². The van der Waals surface area contributed by atoms with E-state index in [0.717, 1.165) is 6.42 Å². The van der Waals surface area contributed by atoms with Crippen LogP contribution in [-0.4, -0.2) is 4.92 Å². The number of rotatable bonds is 1. The maximum absolute atomic E-state index is 9.75. The molecule has 1 saturated carbocycles. The zero-order valence-corrected chi connectivity index (χ0v) is 3.89. The Bertz CT molecular complexity index is 87.7. The van der Waals surface area contributed by atoms with Crippen LogP contribution in [0.5, 0.6) is 0 Å². The summed E-state index contributed by atoms with van der Waals surface area (Å²) in [6, 6.07) is 0.500. The molecule has 0 heterocycles. The summed E-state index contributed by atoms with van der Waals surface area (Å²) >= 11 is 0. The number of nitrogens with zero attached hydrogens (tertiary/aromatic N) is 1. The zero-order chi connectivity index (χ0) is 5.28. The maximum atomic E-state index is 9.75. The highest BCUT2D eigenvalue weighted by Crippen LogP contribution is 2.28. The van der Waals surface area contributed by atoms with Crippen molar-refractivity contribution in [3.05, 3.63) is 16.2 Å². The van der Waals surface area contributed by atoms with E-state index in [0.29, 0.717) is 18.9 Å². The quantitative estimate of drug-likeness (QED) is 0.364. The molecule has 0 saturated heterocycles. The van der Waals surface area contributed by atoms with Crippen molar-refractivity contribution in [2.24, 2.45) is 0 Å². The topological polar surface area (TPSA) is 43.1 Å². The van der Waals surface area contributed by atoms with Crippen molar-refractivity contribution in [1.29, 1.82) is 0 Å². The smallest absolute Gasteiger partial charge is 0.264 e. The molecule has 0 atom stereocenters. The van der Waals surface area contributed by atoms with Crippen LogP contribution in [0.25, 0.3) is 0 Å². The van der Waals surface area contributed by atoms with E-state index in [2.05, 4.69) is 0 Å². The minimum Gasteiger partial charge on any atom is -0.264 e. The highest BCUT2D eigenvalue weighted by atomic mass is 16.6. The van der Waals surface area contributed by atoms with Crippen molar-refractivity contribution in [3.63, 3.8) is 0 Å². The Morgan fingerprint density at radius 3 is 2.14 bits per heavy atom. The molecular weight excluding hydrogens is 94.0 g/mol. The summed E-state index contributed by atoms with van der Waals surface area (Å²) in [5.41, 5.74) is 0. The monoisotopic (exact) mass is 100 g/mol. The summed E-state index contributed by atoms with van der Waals surface area (Å²) in [5.74, 6) is 0. The van der Waals surface area contributed by atoms with E-state index in [1.807, 2.05) is 0 Å². The average Bonchev–Trinajstić information content (AvgIpc) is 1.23. The Kier molecular flexibility index (Phi) is 0.964. The first-order chi connectivity index (χ1) is 3.30. The molecule has 1 aliphatic carbocycles. The van der Waals surface area contributed by atoms with Gasteiger partial charge in [0.25, 0.3) is 6.04 Å². The van der Waals surface area contributed by atoms with Crippen LogP contribution in [0, 0.1) is 16.2 Å². The molecule has 0 N–H and O–H groups in total. The minimum atomic E-state index is -0.274. The highest BCUT2D eigenvalue weighted by Gasteiger charge is 2.30. The van der Waals surface area contributed by atoms with Gasteiger partial charge < -0.3 is 0 Å². The van der Waals surface area contributed by atoms with Gasteiger partial charge in [-0.05, 0) is 6.42 Å². The SMILES string of the molecule is O=[N+]([O-])[C]1CCC1. The van der Waals surface area contributed by atoms with Gasteiger partial charge in [-0.25, -0.2) is 0 Å². The summed E-state index contributed by atoms with van der Waals surface area (Å²) in [6.07, 6.45) is 2.44. The fourth-order valence-electron chi connectivity index (χ4n) is 0.517. The molecular formula is C4H6NO2. The lowest BCUT2D eigenvalue weighted by Gasteiger charge is -2.12. The molecule has 0 aliphatic heterocycles. The van der Waals surface area contributed by atoms with E-state index >= 15 is 0 Å². The summed E-state index contributed by atoms with van der Waals surface area (Å²) in [4.78, 5) is 9.48. The van der Waals surface area contributed by atoms with Crippen LogP contribution in [0.1, 0.15) is 19.3 Å². The van der Waals surface area contributed by atoms with Gasteiger partial charge in [-0.15, -0.1) is 0 Å². The maximum Gasteiger partial charge on any atom is 0.290 e. The lowest BCUT2D eigenvalue weighted by molar-refractivity contribution is -0.479. The summed E-state index contributed by atoms with van der Waals surface area (Å²) in [5, 5.41) is 9.75. The summed E-state index contributed by atoms with van der Waals surface area (Å²) in [6.45, 7) is 0. The van der Waals surface area contributed by atoms with Crippen LogP contribution in [0.4, 0.5) is 0 Å². The summed E-state index contributed by atoms with van der Waals surface area (Å²) in [7, 11) is 0. The molecule has 39 valence electrons. The van der Waals surface area contributed by atoms with E-state index < -0.39 is 0 Å². The van der Waals surface area contributed by atoms with Crippen LogP contribution >= 0.6 is 0 Å². The largest absolute Gasteiger partial charge is 0.290 e. The Morgan fingerprint density at radius 2 is 2.14 bits per heavy atom. The second-order valence-corrected chi connectivity index (χ2v) is 1.68. The van der Waals surface area contributed by atoms with Gasteiger partial charge in [-0.3, -0.25) is 10.1 Å². The van der Waals surface area contributed by atoms with E-state index in [1.165, 1.54) is 0 Å². The van der Waals surface area contributed by atoms with Gasteiger partial charge >= 0.3 is 0 Å². The third-order valence-corrected chi connectivity index (χ3v) is 1.19. The normalized spacial score (nSPS) is 21.1. The molecule has 1 fully saturated rings. The molecule has 7 heavy (non-hydrogen) atoms. The zero-order valence-electron chi connectivity index (χ0n) is 3.89. The first kappa shape index (κ1) is 4.56. The lowest BCUT2D eigenvalue weighted by atomic mass is 9.94. The molecule has 1 rings (SSSR count). The van der Waals surface area contributed by atoms with Crippen molar-refractivity contribution in [2.75, 3.05) is 0 Å². The molecule has 1 radical (unpaired) electrons. The first-order valence-corrected chi connectivity index (χ1v) is 2.30. The summed E-state index contributed by atoms with van der Waals surface area (Å²) < 4.78 is 0. The van der Waals surface area contributed by atoms with Gasteiger partial charge in [-0.2, -0.15) is 0 Å². The minimum absolute atomic E-state index is 0.274. The lowest BCUT2D eigenvalue weighted by Crippen LogP contribution is -2.17. The number of hydrogen-bond donors (Lipinski definition) is 0. The van der Waals surface area contributed by atoms with Crippen molar-refractivity contribution in [2.45, 2.75) is 19.3 Å². The Labute approximate surface area is 41.5 Å². The molecule has 1 aliphatic rings. The third-order valence-electron chi connectivity index (χ3n) is 1.19. The molecule has 0 amide bonds. The first-order valence-electron chi connectivity index (χ1n) is 2.30. The molecule has 0 unspecified atom stereocenters. The van der Waals surface area contributed by atoms with E-state index in [-0.39, 0.29) is 4.92 Å². The van der Waals surface area contributed by atoms with Gasteiger partial charge in [0.2, 0.25) is 0 Å². The molecule has 0 bridgehead atoms. The number of nitro groups is 1. The van der Waals surface area contributed by atoms with Crippen LogP contribution in [0.3, 0.4) is 0 Å². The fourth-order valence-corrected chi connectivity index (χ4v) is 0.517. The van der Waals surface area contributed by atoms with E-state index in [1.54, 1.807) is 0 Å². The van der Waals surface area contributed by atoms with Crippen molar-refractivity contribution in [1.82, 2.24) is 0 Å². The van der Waals surface area contributed by atoms with Gasteiger partial charge in [0.15, 0.2) is 0 Å². The molecule has 0 aromatic rings. The van der Waals surface area contributed by atoms with Crippen LogP contribution in [-0.2, 0) is 0 Å². The van der Waals surface area contributed by atoms with Gasteiger partial charge in [-0.1, -0.05) is 0 Å². The molecule has 3 nitrogen and oxygen atoms in total. The molecule has 0 aromatic carbocycles. The standard InChI is InChI=1S/C4H6NO2/c6-5(7)4-2-1-3-4/h1-3H2. The Morgan fingerprint density at radius 1 is 1.57 bits per heavy atom. The Hall–Kier alpha value is -0.600. The van der Waals surface area contributed by atoms with Crippen LogP contribution in [0.15, 0.2) is 0 Å². The Balaban J connectivity index is 2.27.